The van der Waals surface area contributed by atoms with E-state index in [1.54, 1.807) is 18.2 Å². The Morgan fingerprint density at radius 2 is 2.12 bits per heavy atom. The van der Waals surface area contributed by atoms with Gasteiger partial charge in [0.1, 0.15) is 10.8 Å². The van der Waals surface area contributed by atoms with Crippen LogP contribution in [0.1, 0.15) is 16.5 Å². The van der Waals surface area contributed by atoms with Gasteiger partial charge in [0.05, 0.1) is 16.3 Å². The molecule has 1 unspecified atom stereocenters. The van der Waals surface area contributed by atoms with Crippen molar-refractivity contribution in [3.05, 3.63) is 62.8 Å². The van der Waals surface area contributed by atoms with Gasteiger partial charge in [-0.2, -0.15) is 5.26 Å². The molecule has 0 amide bonds. The van der Waals surface area contributed by atoms with Crippen molar-refractivity contribution in [2.24, 2.45) is 0 Å². The van der Waals surface area contributed by atoms with Crippen LogP contribution < -0.4 is 0 Å². The van der Waals surface area contributed by atoms with Crippen molar-refractivity contribution in [2.75, 3.05) is 0 Å². The number of nitrogens with zero attached hydrogens (tertiary/aromatic N) is 2. The van der Waals surface area contributed by atoms with Crippen LogP contribution in [0.4, 0.5) is 4.39 Å². The van der Waals surface area contributed by atoms with E-state index >= 15 is 0 Å². The Bertz CT molecular complexity index is 960. The van der Waals surface area contributed by atoms with Gasteiger partial charge in [-0.15, -0.1) is 11.3 Å². The zero-order chi connectivity index (χ0) is 17.3. The Balaban J connectivity index is 1.92. The lowest BCUT2D eigenvalue weighted by atomic mass is 9.99. The van der Waals surface area contributed by atoms with Crippen LogP contribution in [0.15, 0.2) is 36.4 Å². The molecule has 1 aromatic heterocycles. The van der Waals surface area contributed by atoms with Crippen LogP contribution >= 0.6 is 34.5 Å². The van der Waals surface area contributed by atoms with E-state index in [1.165, 1.54) is 29.5 Å². The first kappa shape index (κ1) is 16.8. The molecule has 0 radical (unpaired) electrons. The number of hydrogen-bond donors (Lipinski definition) is 0. The number of rotatable bonds is 4. The van der Waals surface area contributed by atoms with Crippen LogP contribution in [0.3, 0.4) is 0 Å². The zero-order valence-electron chi connectivity index (χ0n) is 12.1. The molecule has 1 atom stereocenters. The lowest BCUT2D eigenvalue weighted by molar-refractivity contribution is -0.118. The molecule has 3 aromatic rings. The lowest BCUT2D eigenvalue weighted by Gasteiger charge is -2.07. The van der Waals surface area contributed by atoms with Crippen molar-refractivity contribution < 1.29 is 9.18 Å². The van der Waals surface area contributed by atoms with Crippen molar-refractivity contribution in [3.8, 4) is 6.07 Å². The molecule has 3 nitrogen and oxygen atoms in total. The van der Waals surface area contributed by atoms with E-state index in [0.717, 1.165) is 4.70 Å². The maximum atomic E-state index is 13.8. The van der Waals surface area contributed by atoms with E-state index < -0.39 is 17.5 Å². The van der Waals surface area contributed by atoms with Crippen molar-refractivity contribution in [3.63, 3.8) is 0 Å². The second-order valence-electron chi connectivity index (χ2n) is 5.07. The molecular formula is C17H9Cl2FN2OS. The van der Waals surface area contributed by atoms with Gasteiger partial charge in [-0.05, 0) is 30.3 Å². The summed E-state index contributed by atoms with van der Waals surface area (Å²) in [5.41, 5.74) is 0.716. The molecule has 0 aliphatic heterocycles. The van der Waals surface area contributed by atoms with Crippen molar-refractivity contribution in [1.82, 2.24) is 4.98 Å². The quantitative estimate of drug-likeness (QED) is 0.629. The van der Waals surface area contributed by atoms with Gasteiger partial charge < -0.3 is 0 Å². The fraction of sp³-hybridized carbons (Fsp3) is 0.118. The first-order valence-electron chi connectivity index (χ1n) is 6.91. The minimum Gasteiger partial charge on any atom is -0.297 e. The van der Waals surface area contributed by atoms with E-state index in [0.29, 0.717) is 15.5 Å². The van der Waals surface area contributed by atoms with Gasteiger partial charge in [0.25, 0.3) is 0 Å². The number of thiazole rings is 1. The summed E-state index contributed by atoms with van der Waals surface area (Å²) in [5, 5.41) is 10.4. The van der Waals surface area contributed by atoms with Crippen LogP contribution in [0.25, 0.3) is 10.2 Å². The highest BCUT2D eigenvalue weighted by molar-refractivity contribution is 7.18. The number of ketones is 1. The number of fused-ring (bicyclic) bond motifs is 1. The fourth-order valence-corrected chi connectivity index (χ4v) is 3.70. The summed E-state index contributed by atoms with van der Waals surface area (Å²) < 4.78 is 14.7. The number of carbonyl (C=O) groups excluding carboxylic acids is 1. The average molecular weight is 379 g/mol. The molecule has 3 rings (SSSR count). The maximum absolute atomic E-state index is 13.8. The van der Waals surface area contributed by atoms with Crippen LogP contribution in [-0.4, -0.2) is 10.8 Å². The van der Waals surface area contributed by atoms with Gasteiger partial charge in [-0.1, -0.05) is 29.3 Å². The molecule has 0 saturated heterocycles. The first-order chi connectivity index (χ1) is 11.5. The SMILES string of the molecule is N#CC(C(=O)Cc1c(F)cccc1Cl)c1nc2cc(Cl)ccc2s1. The Hall–Kier alpha value is -2.00. The van der Waals surface area contributed by atoms with Crippen LogP contribution in [0.2, 0.25) is 10.0 Å². The van der Waals surface area contributed by atoms with Gasteiger partial charge in [0.15, 0.2) is 11.7 Å². The van der Waals surface area contributed by atoms with E-state index in [2.05, 4.69) is 4.98 Å². The second-order valence-corrected chi connectivity index (χ2v) is 6.98. The number of halogens is 3. The monoisotopic (exact) mass is 378 g/mol. The minimum atomic E-state index is -1.07. The van der Waals surface area contributed by atoms with Gasteiger partial charge in [-0.25, -0.2) is 9.37 Å². The maximum Gasteiger partial charge on any atom is 0.161 e. The summed E-state index contributed by atoms with van der Waals surface area (Å²) in [7, 11) is 0. The van der Waals surface area contributed by atoms with E-state index in [-0.39, 0.29) is 17.0 Å². The highest BCUT2D eigenvalue weighted by Crippen LogP contribution is 2.31. The standard InChI is InChI=1S/C17H9Cl2FN2OS/c18-9-4-5-16-14(6-9)22-17(24-16)11(8-21)15(23)7-10-12(19)2-1-3-13(10)20/h1-6,11H,7H2. The van der Waals surface area contributed by atoms with Gasteiger partial charge in [0, 0.05) is 22.0 Å². The fourth-order valence-electron chi connectivity index (χ4n) is 2.28. The summed E-state index contributed by atoms with van der Waals surface area (Å²) in [4.78, 5) is 16.8. The first-order valence-corrected chi connectivity index (χ1v) is 8.48. The summed E-state index contributed by atoms with van der Waals surface area (Å²) in [6.07, 6.45) is -0.263. The third-order valence-corrected chi connectivity index (χ3v) is 5.17. The Kier molecular flexibility index (Phi) is 4.81. The molecule has 0 fully saturated rings. The van der Waals surface area contributed by atoms with Crippen molar-refractivity contribution >= 4 is 50.5 Å². The predicted octanol–water partition coefficient (Wildman–Crippen LogP) is 5.16. The molecule has 0 aliphatic rings. The molecule has 0 aliphatic carbocycles. The second kappa shape index (κ2) is 6.86. The molecule has 0 spiro atoms. The Morgan fingerprint density at radius 1 is 1.33 bits per heavy atom. The topological polar surface area (TPSA) is 53.8 Å². The molecule has 0 saturated carbocycles. The van der Waals surface area contributed by atoms with Gasteiger partial charge in [0.2, 0.25) is 0 Å². The molecule has 1 heterocycles. The molecule has 120 valence electrons. The van der Waals surface area contributed by atoms with E-state index in [1.807, 2.05) is 6.07 Å². The minimum absolute atomic E-state index is 0.0913. The van der Waals surface area contributed by atoms with E-state index in [4.69, 9.17) is 23.2 Å². The Labute approximate surface area is 151 Å². The van der Waals surface area contributed by atoms with Crippen LogP contribution in [-0.2, 0) is 11.2 Å². The smallest absolute Gasteiger partial charge is 0.161 e. The number of carbonyl (C=O) groups is 1. The van der Waals surface area contributed by atoms with Crippen LogP contribution in [0.5, 0.6) is 0 Å². The number of hydrogen-bond acceptors (Lipinski definition) is 4. The summed E-state index contributed by atoms with van der Waals surface area (Å²) in [6.45, 7) is 0. The van der Waals surface area contributed by atoms with Crippen molar-refractivity contribution in [2.45, 2.75) is 12.3 Å². The Morgan fingerprint density at radius 3 is 2.83 bits per heavy atom. The van der Waals surface area contributed by atoms with Gasteiger partial charge in [-0.3, -0.25) is 4.79 Å². The number of benzene rings is 2. The highest BCUT2D eigenvalue weighted by Gasteiger charge is 2.25. The lowest BCUT2D eigenvalue weighted by Crippen LogP contribution is -2.14. The average Bonchev–Trinajstić information content (AvgIpc) is 2.94. The zero-order valence-corrected chi connectivity index (χ0v) is 14.4. The number of nitriles is 1. The number of Topliss-reactive ketones (excluding diaryl/α,β-unsaturated/α-hetero) is 1. The third kappa shape index (κ3) is 3.27. The van der Waals surface area contributed by atoms with E-state index in [9.17, 15) is 14.4 Å². The summed E-state index contributed by atoms with van der Waals surface area (Å²) in [6, 6.07) is 11.3. The molecule has 0 N–H and O–H groups in total. The number of aromatic nitrogens is 1. The largest absolute Gasteiger partial charge is 0.297 e. The summed E-state index contributed by atoms with van der Waals surface area (Å²) >= 11 is 13.1. The van der Waals surface area contributed by atoms with Crippen molar-refractivity contribution in [1.29, 1.82) is 5.26 Å². The van der Waals surface area contributed by atoms with Gasteiger partial charge >= 0.3 is 0 Å². The molecule has 0 bridgehead atoms. The molecule has 24 heavy (non-hydrogen) atoms. The predicted molar refractivity (Wildman–Crippen MR) is 93.1 cm³/mol. The summed E-state index contributed by atoms with van der Waals surface area (Å²) in [5.74, 6) is -2.09. The third-order valence-electron chi connectivity index (χ3n) is 3.48. The molecule has 2 aromatic carbocycles. The normalized spacial score (nSPS) is 12.1. The molecule has 7 heteroatoms. The van der Waals surface area contributed by atoms with Crippen LogP contribution in [0, 0.1) is 17.1 Å². The molecular weight excluding hydrogens is 370 g/mol. The highest BCUT2D eigenvalue weighted by atomic mass is 35.5.